The van der Waals surface area contributed by atoms with E-state index in [4.69, 9.17) is 16.9 Å². The van der Waals surface area contributed by atoms with E-state index in [9.17, 15) is 5.11 Å². The smallest absolute Gasteiger partial charge is 0.101 e. The van der Waals surface area contributed by atoms with Crippen LogP contribution in [0.1, 0.15) is 24.2 Å². The number of nitrogens with zero attached hydrogens (tertiary/aromatic N) is 2. The molecular weight excluding hydrogens is 280 g/mol. The molecule has 5 heteroatoms. The minimum absolute atomic E-state index is 0.556. The van der Waals surface area contributed by atoms with Crippen LogP contribution < -0.4 is 0 Å². The molecule has 1 heterocycles. The van der Waals surface area contributed by atoms with Gasteiger partial charge in [-0.1, -0.05) is 29.4 Å². The average Bonchev–Trinajstić information content (AvgIpc) is 2.41. The monoisotopic (exact) mass is 290 g/mol. The van der Waals surface area contributed by atoms with Crippen LogP contribution in [0.4, 0.5) is 0 Å². The minimum Gasteiger partial charge on any atom is -0.389 e. The quantitative estimate of drug-likeness (QED) is 0.934. The van der Waals surface area contributed by atoms with Crippen molar-refractivity contribution >= 4 is 23.4 Å². The summed E-state index contributed by atoms with van der Waals surface area (Å²) in [6.07, 6.45) is 0.975. The Labute approximate surface area is 120 Å². The van der Waals surface area contributed by atoms with Crippen molar-refractivity contribution in [3.8, 4) is 6.07 Å². The molecule has 3 nitrogen and oxygen atoms in total. The average molecular weight is 291 g/mol. The fourth-order valence-electron chi connectivity index (χ4n) is 1.57. The van der Waals surface area contributed by atoms with E-state index in [1.807, 2.05) is 0 Å². The van der Waals surface area contributed by atoms with E-state index in [1.165, 1.54) is 11.8 Å². The van der Waals surface area contributed by atoms with Gasteiger partial charge in [-0.15, -0.1) is 0 Å². The van der Waals surface area contributed by atoms with Gasteiger partial charge in [0.25, 0.3) is 0 Å². The fourth-order valence-corrected chi connectivity index (χ4v) is 2.69. The van der Waals surface area contributed by atoms with E-state index < -0.39 is 6.10 Å². The van der Waals surface area contributed by atoms with Crippen molar-refractivity contribution in [2.75, 3.05) is 0 Å². The lowest BCUT2D eigenvalue weighted by molar-refractivity contribution is 0.196. The second kappa shape index (κ2) is 6.07. The van der Waals surface area contributed by atoms with Crippen LogP contribution in [0.3, 0.4) is 0 Å². The number of halogens is 1. The molecular formula is C14H11ClN2OS. The minimum atomic E-state index is -0.595. The maximum absolute atomic E-state index is 9.75. The molecule has 1 aromatic carbocycles. The van der Waals surface area contributed by atoms with Gasteiger partial charge in [0, 0.05) is 11.1 Å². The van der Waals surface area contributed by atoms with Gasteiger partial charge in [0.15, 0.2) is 0 Å². The Morgan fingerprint density at radius 2 is 2.16 bits per heavy atom. The molecule has 0 fully saturated rings. The molecule has 1 unspecified atom stereocenters. The number of aromatic nitrogens is 1. The molecule has 2 aromatic rings. The van der Waals surface area contributed by atoms with Crippen molar-refractivity contribution in [1.82, 2.24) is 4.98 Å². The summed E-state index contributed by atoms with van der Waals surface area (Å²) < 4.78 is 0. The predicted octanol–water partition coefficient (Wildman–Crippen LogP) is 3.81. The summed E-state index contributed by atoms with van der Waals surface area (Å²) in [6, 6.07) is 10.9. The second-order valence-electron chi connectivity index (χ2n) is 3.96. The molecule has 0 saturated carbocycles. The van der Waals surface area contributed by atoms with Gasteiger partial charge in [0.05, 0.1) is 22.8 Å². The van der Waals surface area contributed by atoms with E-state index >= 15 is 0 Å². The second-order valence-corrected chi connectivity index (χ2v) is 5.46. The number of hydrogen-bond acceptors (Lipinski definition) is 4. The molecule has 0 radical (unpaired) electrons. The highest BCUT2D eigenvalue weighted by Crippen LogP contribution is 2.33. The third kappa shape index (κ3) is 3.48. The molecule has 19 heavy (non-hydrogen) atoms. The molecule has 0 aliphatic carbocycles. The molecule has 96 valence electrons. The third-order valence-corrected chi connectivity index (χ3v) is 3.76. The predicted molar refractivity (Wildman–Crippen MR) is 75.2 cm³/mol. The van der Waals surface area contributed by atoms with Crippen molar-refractivity contribution in [2.45, 2.75) is 22.9 Å². The zero-order valence-electron chi connectivity index (χ0n) is 10.2. The summed E-state index contributed by atoms with van der Waals surface area (Å²) in [5.74, 6) is 0. The SMILES string of the molecule is CC(O)c1ccc(C#N)cc1Sc1ccc(Cl)cn1. The van der Waals surface area contributed by atoms with E-state index in [2.05, 4.69) is 11.1 Å². The summed E-state index contributed by atoms with van der Waals surface area (Å²) in [4.78, 5) is 5.02. The maximum Gasteiger partial charge on any atom is 0.101 e. The highest BCUT2D eigenvalue weighted by molar-refractivity contribution is 7.99. The Hall–Kier alpha value is -1.54. The van der Waals surface area contributed by atoms with Crippen LogP contribution in [0.15, 0.2) is 46.5 Å². The highest BCUT2D eigenvalue weighted by atomic mass is 35.5. The molecule has 0 aliphatic heterocycles. The lowest BCUT2D eigenvalue weighted by Gasteiger charge is -2.11. The van der Waals surface area contributed by atoms with Crippen LogP contribution in [-0.4, -0.2) is 10.1 Å². The Morgan fingerprint density at radius 1 is 1.37 bits per heavy atom. The topological polar surface area (TPSA) is 56.9 Å². The Kier molecular flexibility index (Phi) is 4.43. The van der Waals surface area contributed by atoms with Crippen LogP contribution in [0.2, 0.25) is 5.02 Å². The summed E-state index contributed by atoms with van der Waals surface area (Å²) in [5.41, 5.74) is 1.33. The standard InChI is InChI=1S/C14H11ClN2OS/c1-9(18)12-4-2-10(7-16)6-13(12)19-14-5-3-11(15)8-17-14/h2-6,8-9,18H,1H3. The zero-order chi connectivity index (χ0) is 13.8. The first-order valence-electron chi connectivity index (χ1n) is 5.61. The third-order valence-electron chi connectivity index (χ3n) is 2.51. The number of pyridine rings is 1. The molecule has 0 bridgehead atoms. The molecule has 2 rings (SSSR count). The zero-order valence-corrected chi connectivity index (χ0v) is 11.7. The fraction of sp³-hybridized carbons (Fsp3) is 0.143. The lowest BCUT2D eigenvalue weighted by atomic mass is 10.1. The van der Waals surface area contributed by atoms with Gasteiger partial charge in [0.2, 0.25) is 0 Å². The van der Waals surface area contributed by atoms with E-state index in [0.29, 0.717) is 10.6 Å². The molecule has 0 spiro atoms. The van der Waals surface area contributed by atoms with Gasteiger partial charge < -0.3 is 5.11 Å². The summed E-state index contributed by atoms with van der Waals surface area (Å²) in [5, 5.41) is 20.0. The molecule has 1 atom stereocenters. The Balaban J connectivity index is 2.37. The molecule has 0 aliphatic rings. The highest BCUT2D eigenvalue weighted by Gasteiger charge is 2.11. The van der Waals surface area contributed by atoms with Gasteiger partial charge in [0.1, 0.15) is 5.03 Å². The van der Waals surface area contributed by atoms with Gasteiger partial charge >= 0.3 is 0 Å². The van der Waals surface area contributed by atoms with Crippen molar-refractivity contribution in [3.05, 3.63) is 52.7 Å². The number of rotatable bonds is 3. The number of aliphatic hydroxyl groups excluding tert-OH is 1. The van der Waals surface area contributed by atoms with Crippen LogP contribution in [0.5, 0.6) is 0 Å². The normalized spacial score (nSPS) is 11.9. The van der Waals surface area contributed by atoms with Crippen molar-refractivity contribution in [1.29, 1.82) is 5.26 Å². The summed E-state index contributed by atoms with van der Waals surface area (Å²) in [7, 11) is 0. The summed E-state index contributed by atoms with van der Waals surface area (Å²) in [6.45, 7) is 1.70. The Bertz CT molecular complexity index is 620. The number of nitriles is 1. The first-order chi connectivity index (χ1) is 9.10. The van der Waals surface area contributed by atoms with Gasteiger partial charge in [-0.3, -0.25) is 0 Å². The van der Waals surface area contributed by atoms with Gasteiger partial charge in [-0.05, 0) is 36.8 Å². The molecule has 1 N–H and O–H groups in total. The van der Waals surface area contributed by atoms with Crippen LogP contribution in [0, 0.1) is 11.3 Å². The molecule has 1 aromatic heterocycles. The van der Waals surface area contributed by atoms with Crippen LogP contribution in [0.25, 0.3) is 0 Å². The lowest BCUT2D eigenvalue weighted by Crippen LogP contribution is -1.95. The molecule has 0 amide bonds. The van der Waals surface area contributed by atoms with Crippen LogP contribution >= 0.6 is 23.4 Å². The van der Waals surface area contributed by atoms with E-state index in [-0.39, 0.29) is 0 Å². The van der Waals surface area contributed by atoms with Crippen molar-refractivity contribution < 1.29 is 5.11 Å². The molecule has 0 saturated heterocycles. The maximum atomic E-state index is 9.75. The van der Waals surface area contributed by atoms with Crippen molar-refractivity contribution in [3.63, 3.8) is 0 Å². The van der Waals surface area contributed by atoms with Crippen molar-refractivity contribution in [2.24, 2.45) is 0 Å². The van der Waals surface area contributed by atoms with Crippen LogP contribution in [-0.2, 0) is 0 Å². The number of aliphatic hydroxyl groups is 1. The first-order valence-corrected chi connectivity index (χ1v) is 6.81. The number of benzene rings is 1. The first kappa shape index (κ1) is 13.9. The van der Waals surface area contributed by atoms with E-state index in [0.717, 1.165) is 15.5 Å². The van der Waals surface area contributed by atoms with Gasteiger partial charge in [-0.2, -0.15) is 5.26 Å². The number of hydrogen-bond donors (Lipinski definition) is 1. The largest absolute Gasteiger partial charge is 0.389 e. The van der Waals surface area contributed by atoms with Gasteiger partial charge in [-0.25, -0.2) is 4.98 Å². The summed E-state index contributed by atoms with van der Waals surface area (Å²) >= 11 is 7.19. The Morgan fingerprint density at radius 3 is 2.74 bits per heavy atom. The van der Waals surface area contributed by atoms with E-state index in [1.54, 1.807) is 43.5 Å².